The van der Waals surface area contributed by atoms with Crippen molar-refractivity contribution < 1.29 is 18.3 Å². The summed E-state index contributed by atoms with van der Waals surface area (Å²) in [7, 11) is 0. The van der Waals surface area contributed by atoms with Crippen LogP contribution in [0.4, 0.5) is 13.2 Å². The second-order valence-electron chi connectivity index (χ2n) is 3.84. The topological polar surface area (TPSA) is 36.4 Å². The summed E-state index contributed by atoms with van der Waals surface area (Å²) in [5, 5.41) is 9.51. The van der Waals surface area contributed by atoms with Crippen LogP contribution in [-0.2, 0) is 6.54 Å². The van der Waals surface area contributed by atoms with Crippen LogP contribution >= 0.6 is 0 Å². The molecule has 0 unspecified atom stereocenters. The molecule has 0 fully saturated rings. The molecule has 0 aliphatic rings. The summed E-state index contributed by atoms with van der Waals surface area (Å²) in [6.45, 7) is 2.60. The first-order valence-corrected chi connectivity index (χ1v) is 5.26. The molecule has 0 saturated heterocycles. The van der Waals surface area contributed by atoms with E-state index in [1.165, 1.54) is 11.0 Å². The van der Waals surface area contributed by atoms with Gasteiger partial charge < -0.3 is 5.11 Å². The highest BCUT2D eigenvalue weighted by molar-refractivity contribution is 5.27. The molecular formula is C11H15F3N2O. The van der Waals surface area contributed by atoms with Crippen LogP contribution in [0, 0.1) is 6.92 Å². The van der Waals surface area contributed by atoms with E-state index < -0.39 is 12.7 Å². The van der Waals surface area contributed by atoms with Gasteiger partial charge in [-0.3, -0.25) is 9.88 Å². The Hall–Kier alpha value is -1.30. The highest BCUT2D eigenvalue weighted by Gasteiger charge is 2.30. The molecule has 0 saturated carbocycles. The average molecular weight is 248 g/mol. The van der Waals surface area contributed by atoms with E-state index in [1.54, 1.807) is 19.9 Å². The van der Waals surface area contributed by atoms with Gasteiger partial charge in [-0.25, -0.2) is 0 Å². The summed E-state index contributed by atoms with van der Waals surface area (Å²) in [4.78, 5) is 5.21. The molecule has 0 aromatic carbocycles. The van der Waals surface area contributed by atoms with E-state index in [0.29, 0.717) is 5.69 Å². The predicted octanol–water partition coefficient (Wildman–Crippen LogP) is 2.48. The molecule has 0 spiro atoms. The first-order chi connectivity index (χ1) is 7.81. The largest absolute Gasteiger partial charge is 0.506 e. The van der Waals surface area contributed by atoms with E-state index in [4.69, 9.17) is 0 Å². The summed E-state index contributed by atoms with van der Waals surface area (Å²) in [5.41, 5.74) is 0.942. The fraction of sp³-hybridized carbons (Fsp3) is 0.545. The maximum Gasteiger partial charge on any atom is 0.401 e. The Bertz CT molecular complexity index is 379. The molecule has 1 rings (SSSR count). The van der Waals surface area contributed by atoms with Crippen LogP contribution in [0.2, 0.25) is 0 Å². The van der Waals surface area contributed by atoms with Gasteiger partial charge in [-0.1, -0.05) is 6.92 Å². The van der Waals surface area contributed by atoms with Crippen molar-refractivity contribution in [3.8, 4) is 5.75 Å². The van der Waals surface area contributed by atoms with Gasteiger partial charge in [0.05, 0.1) is 12.2 Å². The van der Waals surface area contributed by atoms with E-state index in [9.17, 15) is 18.3 Å². The third-order valence-corrected chi connectivity index (χ3v) is 2.31. The smallest absolute Gasteiger partial charge is 0.401 e. The van der Waals surface area contributed by atoms with Gasteiger partial charge in [0.15, 0.2) is 0 Å². The maximum atomic E-state index is 12.3. The van der Waals surface area contributed by atoms with Crippen LogP contribution in [0.3, 0.4) is 0 Å². The first-order valence-electron chi connectivity index (χ1n) is 5.26. The lowest BCUT2D eigenvalue weighted by atomic mass is 10.2. The van der Waals surface area contributed by atoms with Crippen molar-refractivity contribution in [3.63, 3.8) is 0 Å². The summed E-state index contributed by atoms with van der Waals surface area (Å²) >= 11 is 0. The number of halogens is 3. The van der Waals surface area contributed by atoms with Crippen LogP contribution in [-0.4, -0.2) is 34.3 Å². The average Bonchev–Trinajstić information content (AvgIpc) is 2.20. The Morgan fingerprint density at radius 3 is 2.53 bits per heavy atom. The van der Waals surface area contributed by atoms with Gasteiger partial charge in [-0.05, 0) is 25.6 Å². The van der Waals surface area contributed by atoms with Crippen LogP contribution < -0.4 is 0 Å². The number of aryl methyl sites for hydroxylation is 1. The number of aromatic nitrogens is 1. The summed E-state index contributed by atoms with van der Waals surface area (Å²) in [6.07, 6.45) is -4.24. The van der Waals surface area contributed by atoms with Crippen molar-refractivity contribution in [3.05, 3.63) is 23.5 Å². The minimum absolute atomic E-state index is 0.0104. The molecule has 96 valence electrons. The summed E-state index contributed by atoms with van der Waals surface area (Å²) < 4.78 is 36.8. The Balaban J connectivity index is 2.77. The summed E-state index contributed by atoms with van der Waals surface area (Å²) in [6, 6.07) is 3.05. The van der Waals surface area contributed by atoms with E-state index in [1.807, 2.05) is 0 Å². The minimum atomic E-state index is -4.24. The van der Waals surface area contributed by atoms with Crippen molar-refractivity contribution in [1.29, 1.82) is 0 Å². The number of pyridine rings is 1. The molecule has 0 aliphatic heterocycles. The van der Waals surface area contributed by atoms with Gasteiger partial charge in [0.1, 0.15) is 5.75 Å². The molecule has 1 aromatic rings. The fourth-order valence-electron chi connectivity index (χ4n) is 1.46. The molecule has 3 nitrogen and oxygen atoms in total. The molecule has 0 bridgehead atoms. The fourth-order valence-corrected chi connectivity index (χ4v) is 1.46. The zero-order valence-electron chi connectivity index (χ0n) is 9.75. The minimum Gasteiger partial charge on any atom is -0.506 e. The zero-order valence-corrected chi connectivity index (χ0v) is 9.75. The number of hydrogen-bond donors (Lipinski definition) is 1. The Morgan fingerprint density at radius 1 is 1.35 bits per heavy atom. The number of nitrogens with zero attached hydrogens (tertiary/aromatic N) is 2. The Morgan fingerprint density at radius 2 is 2.00 bits per heavy atom. The van der Waals surface area contributed by atoms with Gasteiger partial charge in [-0.15, -0.1) is 0 Å². The van der Waals surface area contributed by atoms with Crippen LogP contribution in [0.15, 0.2) is 12.1 Å². The number of rotatable bonds is 4. The zero-order chi connectivity index (χ0) is 13.1. The Labute approximate surface area is 97.9 Å². The highest BCUT2D eigenvalue weighted by atomic mass is 19.4. The first kappa shape index (κ1) is 13.8. The third-order valence-electron chi connectivity index (χ3n) is 2.31. The molecule has 6 heteroatoms. The van der Waals surface area contributed by atoms with Crippen LogP contribution in [0.25, 0.3) is 0 Å². The van der Waals surface area contributed by atoms with Crippen LogP contribution in [0.5, 0.6) is 5.75 Å². The van der Waals surface area contributed by atoms with Crippen molar-refractivity contribution in [2.24, 2.45) is 0 Å². The molecule has 1 heterocycles. The molecule has 0 radical (unpaired) electrons. The van der Waals surface area contributed by atoms with E-state index in [0.717, 1.165) is 0 Å². The summed E-state index contributed by atoms with van der Waals surface area (Å²) in [5.74, 6) is -0.0729. The third kappa shape index (κ3) is 4.60. The van der Waals surface area contributed by atoms with Crippen molar-refractivity contribution >= 4 is 0 Å². The van der Waals surface area contributed by atoms with Gasteiger partial charge in [0, 0.05) is 12.2 Å². The van der Waals surface area contributed by atoms with Crippen molar-refractivity contribution in [1.82, 2.24) is 9.88 Å². The molecule has 1 aromatic heterocycles. The SMILES string of the molecule is CCN(Cc1nc(C)ccc1O)CC(F)(F)F. The number of aromatic hydroxyl groups is 1. The maximum absolute atomic E-state index is 12.3. The van der Waals surface area contributed by atoms with Crippen molar-refractivity contribution in [2.45, 2.75) is 26.6 Å². The molecule has 0 amide bonds. The van der Waals surface area contributed by atoms with E-state index >= 15 is 0 Å². The molecule has 17 heavy (non-hydrogen) atoms. The monoisotopic (exact) mass is 248 g/mol. The number of alkyl halides is 3. The molecule has 1 N–H and O–H groups in total. The van der Waals surface area contributed by atoms with E-state index in [2.05, 4.69) is 4.98 Å². The lowest BCUT2D eigenvalue weighted by Gasteiger charge is -2.21. The molecule has 0 aliphatic carbocycles. The molecule has 0 atom stereocenters. The quantitative estimate of drug-likeness (QED) is 0.889. The highest BCUT2D eigenvalue weighted by Crippen LogP contribution is 2.20. The van der Waals surface area contributed by atoms with Gasteiger partial charge in [0.2, 0.25) is 0 Å². The Kier molecular flexibility index (Phi) is 4.34. The number of hydrogen-bond acceptors (Lipinski definition) is 3. The second-order valence-corrected chi connectivity index (χ2v) is 3.84. The van der Waals surface area contributed by atoms with Gasteiger partial charge in [-0.2, -0.15) is 13.2 Å². The second kappa shape index (κ2) is 5.35. The van der Waals surface area contributed by atoms with E-state index in [-0.39, 0.29) is 24.5 Å². The van der Waals surface area contributed by atoms with Gasteiger partial charge >= 0.3 is 6.18 Å². The normalized spacial score (nSPS) is 12.1. The predicted molar refractivity (Wildman–Crippen MR) is 57.6 cm³/mol. The van der Waals surface area contributed by atoms with Crippen LogP contribution in [0.1, 0.15) is 18.3 Å². The lowest BCUT2D eigenvalue weighted by Crippen LogP contribution is -2.33. The standard InChI is InChI=1S/C11H15F3N2O/c1-3-16(7-11(12,13)14)6-9-10(17)5-4-8(2)15-9/h4-5,17H,3,6-7H2,1-2H3. The lowest BCUT2D eigenvalue weighted by molar-refractivity contribution is -0.146. The van der Waals surface area contributed by atoms with Gasteiger partial charge in [0.25, 0.3) is 0 Å². The molecular weight excluding hydrogens is 233 g/mol. The van der Waals surface area contributed by atoms with Crippen molar-refractivity contribution in [2.75, 3.05) is 13.1 Å².